The maximum absolute atomic E-state index is 12.8. The Balaban J connectivity index is 1.55. The lowest BCUT2D eigenvalue weighted by molar-refractivity contribution is 0.0756. The van der Waals surface area contributed by atoms with E-state index in [1.54, 1.807) is 12.4 Å². The molecule has 2 aromatic heterocycles. The van der Waals surface area contributed by atoms with Crippen LogP contribution < -0.4 is 0 Å². The number of fused-ring (bicyclic) bond motifs is 1. The largest absolute Gasteiger partial charge is 0.381 e. The number of carbonyl (C=O) groups excluding carboxylic acids is 1. The average Bonchev–Trinajstić information content (AvgIpc) is 3.07. The number of amides is 1. The summed E-state index contributed by atoms with van der Waals surface area (Å²) in [5.74, 6) is 0.354. The van der Waals surface area contributed by atoms with Crippen LogP contribution in [0.3, 0.4) is 0 Å². The van der Waals surface area contributed by atoms with Crippen molar-refractivity contribution in [1.82, 2.24) is 19.9 Å². The first-order valence-electron chi connectivity index (χ1n) is 8.85. The molecule has 1 saturated heterocycles. The maximum atomic E-state index is 12.8. The van der Waals surface area contributed by atoms with Gasteiger partial charge in [0, 0.05) is 43.4 Å². The van der Waals surface area contributed by atoms with Crippen molar-refractivity contribution >= 4 is 5.91 Å². The lowest BCUT2D eigenvalue weighted by Crippen LogP contribution is -2.34. The normalized spacial score (nSPS) is 20.2. The zero-order chi connectivity index (χ0) is 17.2. The van der Waals surface area contributed by atoms with Crippen LogP contribution in [0.5, 0.6) is 0 Å². The van der Waals surface area contributed by atoms with Crippen LogP contribution in [0.25, 0.3) is 0 Å². The molecule has 0 N–H and O–H groups in total. The fraction of sp³-hybridized carbons (Fsp3) is 0.474. The van der Waals surface area contributed by atoms with Crippen LogP contribution in [0.1, 0.15) is 45.5 Å². The molecule has 6 heteroatoms. The van der Waals surface area contributed by atoms with Gasteiger partial charge in [-0.25, -0.2) is 15.0 Å². The molecule has 4 heterocycles. The van der Waals surface area contributed by atoms with Gasteiger partial charge < -0.3 is 9.64 Å². The zero-order valence-electron chi connectivity index (χ0n) is 14.4. The van der Waals surface area contributed by atoms with Crippen molar-refractivity contribution in [2.75, 3.05) is 26.3 Å². The van der Waals surface area contributed by atoms with Crippen molar-refractivity contribution in [2.45, 2.75) is 32.1 Å². The van der Waals surface area contributed by atoms with Gasteiger partial charge in [-0.05, 0) is 37.5 Å². The number of pyridine rings is 1. The highest BCUT2D eigenvalue weighted by atomic mass is 16.5. The Labute approximate surface area is 147 Å². The van der Waals surface area contributed by atoms with Crippen LogP contribution in [0.15, 0.2) is 24.5 Å². The van der Waals surface area contributed by atoms with E-state index >= 15 is 0 Å². The first-order valence-corrected chi connectivity index (χ1v) is 8.85. The lowest BCUT2D eigenvalue weighted by Gasteiger charge is -2.20. The Kier molecular flexibility index (Phi) is 4.44. The van der Waals surface area contributed by atoms with Crippen molar-refractivity contribution in [3.05, 3.63) is 52.9 Å². The first-order chi connectivity index (χ1) is 12.2. The van der Waals surface area contributed by atoms with E-state index in [9.17, 15) is 4.79 Å². The molecule has 4 rings (SSSR count). The van der Waals surface area contributed by atoms with Crippen molar-refractivity contribution < 1.29 is 9.53 Å². The predicted molar refractivity (Wildman–Crippen MR) is 92.5 cm³/mol. The molecule has 130 valence electrons. The quantitative estimate of drug-likeness (QED) is 0.837. The summed E-state index contributed by atoms with van der Waals surface area (Å²) in [7, 11) is 0. The minimum absolute atomic E-state index is 0.00443. The van der Waals surface area contributed by atoms with E-state index in [0.29, 0.717) is 24.7 Å². The predicted octanol–water partition coefficient (Wildman–Crippen LogP) is 1.92. The average molecular weight is 338 g/mol. The summed E-state index contributed by atoms with van der Waals surface area (Å²) in [5, 5.41) is 0. The van der Waals surface area contributed by atoms with Crippen molar-refractivity contribution in [3.63, 3.8) is 0 Å². The van der Waals surface area contributed by atoms with E-state index in [2.05, 4.69) is 15.0 Å². The molecule has 2 aliphatic rings. The summed E-state index contributed by atoms with van der Waals surface area (Å²) in [6.07, 6.45) is 4.22. The summed E-state index contributed by atoms with van der Waals surface area (Å²) in [5.41, 5.74) is 4.78. The Bertz CT molecular complexity index is 787. The minimum Gasteiger partial charge on any atom is -0.381 e. The van der Waals surface area contributed by atoms with Gasteiger partial charge in [-0.1, -0.05) is 6.07 Å². The fourth-order valence-electron chi connectivity index (χ4n) is 3.68. The highest BCUT2D eigenvalue weighted by Gasteiger charge is 2.27. The molecule has 2 aliphatic heterocycles. The number of ether oxygens (including phenoxy) is 1. The molecule has 0 aliphatic carbocycles. The van der Waals surface area contributed by atoms with Gasteiger partial charge in [-0.15, -0.1) is 0 Å². The molecule has 6 nitrogen and oxygen atoms in total. The zero-order valence-corrected chi connectivity index (χ0v) is 14.4. The first kappa shape index (κ1) is 16.1. The van der Waals surface area contributed by atoms with Crippen LogP contribution in [0.4, 0.5) is 0 Å². The van der Waals surface area contributed by atoms with E-state index in [4.69, 9.17) is 4.74 Å². The van der Waals surface area contributed by atoms with Gasteiger partial charge in [0.25, 0.3) is 5.91 Å². The van der Waals surface area contributed by atoms with Crippen LogP contribution >= 0.6 is 0 Å². The third-order valence-electron chi connectivity index (χ3n) is 5.03. The third-order valence-corrected chi connectivity index (χ3v) is 5.03. The van der Waals surface area contributed by atoms with Crippen molar-refractivity contribution in [1.29, 1.82) is 0 Å². The van der Waals surface area contributed by atoms with E-state index in [1.807, 2.05) is 24.0 Å². The summed E-state index contributed by atoms with van der Waals surface area (Å²) < 4.78 is 5.53. The van der Waals surface area contributed by atoms with Gasteiger partial charge in [0.1, 0.15) is 12.0 Å². The third kappa shape index (κ3) is 3.26. The van der Waals surface area contributed by atoms with Gasteiger partial charge in [0.2, 0.25) is 0 Å². The van der Waals surface area contributed by atoms with Crippen LogP contribution in [0.2, 0.25) is 0 Å². The molecule has 1 amide bonds. The monoisotopic (exact) mass is 338 g/mol. The highest BCUT2D eigenvalue weighted by Crippen LogP contribution is 2.29. The molecule has 1 fully saturated rings. The SMILES string of the molecule is Cc1cccc(C(=O)N2CCc3ncnc(C4CCOC4)c3CC2)n1. The molecule has 0 spiro atoms. The van der Waals surface area contributed by atoms with Crippen LogP contribution in [-0.4, -0.2) is 52.1 Å². The second kappa shape index (κ2) is 6.88. The second-order valence-corrected chi connectivity index (χ2v) is 6.70. The smallest absolute Gasteiger partial charge is 0.272 e. The van der Waals surface area contributed by atoms with Crippen LogP contribution in [0, 0.1) is 6.92 Å². The van der Waals surface area contributed by atoms with Gasteiger partial charge in [-0.2, -0.15) is 0 Å². The topological polar surface area (TPSA) is 68.2 Å². The molecule has 0 bridgehead atoms. The molecular formula is C19H22N4O2. The van der Waals surface area contributed by atoms with Crippen LogP contribution in [-0.2, 0) is 17.6 Å². The Hall–Kier alpha value is -2.34. The number of hydrogen-bond acceptors (Lipinski definition) is 5. The summed E-state index contributed by atoms with van der Waals surface area (Å²) >= 11 is 0. The molecule has 0 aromatic carbocycles. The van der Waals surface area contributed by atoms with Crippen molar-refractivity contribution in [2.24, 2.45) is 0 Å². The standard InChI is InChI=1S/C19H22N4O2/c1-13-3-2-4-17(22-13)19(24)23-8-5-15-16(6-9-23)20-12-21-18(15)14-7-10-25-11-14/h2-4,12,14H,5-11H2,1H3. The Morgan fingerprint density at radius 2 is 2.12 bits per heavy atom. The summed E-state index contributed by atoms with van der Waals surface area (Å²) in [6.45, 7) is 4.78. The molecular weight excluding hydrogens is 316 g/mol. The van der Waals surface area contributed by atoms with E-state index in [0.717, 1.165) is 49.6 Å². The number of hydrogen-bond donors (Lipinski definition) is 0. The highest BCUT2D eigenvalue weighted by molar-refractivity contribution is 5.92. The van der Waals surface area contributed by atoms with Gasteiger partial charge in [0.15, 0.2) is 0 Å². The molecule has 1 unspecified atom stereocenters. The summed E-state index contributed by atoms with van der Waals surface area (Å²) in [4.78, 5) is 28.1. The van der Waals surface area contributed by atoms with E-state index in [-0.39, 0.29) is 5.91 Å². The number of aromatic nitrogens is 3. The lowest BCUT2D eigenvalue weighted by atomic mass is 9.96. The second-order valence-electron chi connectivity index (χ2n) is 6.70. The van der Waals surface area contributed by atoms with Crippen molar-refractivity contribution in [3.8, 4) is 0 Å². The molecule has 0 saturated carbocycles. The van der Waals surface area contributed by atoms with Gasteiger partial charge >= 0.3 is 0 Å². The number of nitrogens with zero attached hydrogens (tertiary/aromatic N) is 4. The number of rotatable bonds is 2. The minimum atomic E-state index is -0.00443. The Morgan fingerprint density at radius 1 is 1.24 bits per heavy atom. The Morgan fingerprint density at radius 3 is 2.92 bits per heavy atom. The maximum Gasteiger partial charge on any atom is 0.272 e. The van der Waals surface area contributed by atoms with Gasteiger partial charge in [-0.3, -0.25) is 4.79 Å². The fourth-order valence-corrected chi connectivity index (χ4v) is 3.68. The number of carbonyl (C=O) groups is 1. The molecule has 0 radical (unpaired) electrons. The summed E-state index contributed by atoms with van der Waals surface area (Å²) in [6, 6.07) is 5.57. The number of aryl methyl sites for hydroxylation is 1. The van der Waals surface area contributed by atoms with E-state index < -0.39 is 0 Å². The molecule has 1 atom stereocenters. The molecule has 25 heavy (non-hydrogen) atoms. The molecule has 2 aromatic rings. The van der Waals surface area contributed by atoms with E-state index in [1.165, 1.54) is 5.56 Å². The van der Waals surface area contributed by atoms with Gasteiger partial charge in [0.05, 0.1) is 12.3 Å².